The van der Waals surface area contributed by atoms with Gasteiger partial charge in [-0.2, -0.15) is 5.10 Å². The van der Waals surface area contributed by atoms with E-state index in [1.165, 1.54) is 15.3 Å². The molecule has 2 aromatic heterocycles. The quantitative estimate of drug-likeness (QED) is 0.243. The highest BCUT2D eigenvalue weighted by Gasteiger charge is 2.32. The minimum atomic E-state index is -2.82. The van der Waals surface area contributed by atoms with Crippen LogP contribution in [0.1, 0.15) is 102 Å². The number of likely N-dealkylation sites (tertiary alicyclic amines) is 1. The number of benzene rings is 1. The molecular formula is C37H47F2N7O6. The van der Waals surface area contributed by atoms with Crippen LogP contribution in [0.15, 0.2) is 29.2 Å². The number of halogens is 2. The molecule has 6 rings (SSSR count). The molecule has 15 heteroatoms. The first-order valence-corrected chi connectivity index (χ1v) is 18.0. The van der Waals surface area contributed by atoms with Crippen molar-refractivity contribution in [1.29, 1.82) is 0 Å². The van der Waals surface area contributed by atoms with E-state index >= 15 is 0 Å². The number of imidazole rings is 1. The summed E-state index contributed by atoms with van der Waals surface area (Å²) in [7, 11) is 1.66. The third-order valence-corrected chi connectivity index (χ3v) is 10.1. The number of fused-ring (bicyclic) bond motifs is 1. The van der Waals surface area contributed by atoms with E-state index in [9.17, 15) is 28.0 Å². The Morgan fingerprint density at radius 3 is 2.48 bits per heavy atom. The van der Waals surface area contributed by atoms with Crippen LogP contribution in [0.25, 0.3) is 11.0 Å². The molecule has 1 atom stereocenters. The number of amides is 3. The third-order valence-electron chi connectivity index (χ3n) is 10.1. The van der Waals surface area contributed by atoms with Crippen LogP contribution in [0.5, 0.6) is 0 Å². The standard InChI is InChI=1S/C37H47F2N7O6/c1-37(2,3)52-35(49)40-27-22-45(42-31(27)33(38)39)25-12-10-23(11-13-25)21-44-18-16-26(17-19-44)51-20-6-8-24-7-5-9-28-32(24)43(4)36(50)46(28)29-14-15-30(47)41-34(29)48/h5,7,9,22-23,25-26,29,33H,10-21H2,1-4H3,(H,40,49)(H,41,47,48). The lowest BCUT2D eigenvalue weighted by molar-refractivity contribution is -0.135. The van der Waals surface area contributed by atoms with Gasteiger partial charge in [0.1, 0.15) is 18.2 Å². The molecule has 1 saturated carbocycles. The van der Waals surface area contributed by atoms with Gasteiger partial charge in [-0.1, -0.05) is 17.9 Å². The topological polar surface area (TPSA) is 142 Å². The van der Waals surface area contributed by atoms with Crippen molar-refractivity contribution in [2.45, 2.75) is 102 Å². The van der Waals surface area contributed by atoms with Crippen molar-refractivity contribution in [3.8, 4) is 11.8 Å². The lowest BCUT2D eigenvalue weighted by Crippen LogP contribution is -2.44. The van der Waals surface area contributed by atoms with Crippen LogP contribution in [0.4, 0.5) is 19.3 Å². The first kappa shape index (κ1) is 37.2. The first-order chi connectivity index (χ1) is 24.8. The molecule has 1 aliphatic carbocycles. The van der Waals surface area contributed by atoms with E-state index in [1.54, 1.807) is 44.6 Å². The van der Waals surface area contributed by atoms with Crippen molar-refractivity contribution < 1.29 is 32.6 Å². The fraction of sp³-hybridized carbons (Fsp3) is 0.595. The lowest BCUT2D eigenvalue weighted by atomic mass is 9.85. The molecule has 0 bridgehead atoms. The van der Waals surface area contributed by atoms with Crippen molar-refractivity contribution in [2.75, 3.05) is 31.6 Å². The van der Waals surface area contributed by atoms with Crippen molar-refractivity contribution in [3.63, 3.8) is 0 Å². The van der Waals surface area contributed by atoms with Crippen LogP contribution in [-0.4, -0.2) is 79.7 Å². The van der Waals surface area contributed by atoms with Gasteiger partial charge >= 0.3 is 11.8 Å². The van der Waals surface area contributed by atoms with E-state index in [2.05, 4.69) is 32.5 Å². The molecule has 2 saturated heterocycles. The third kappa shape index (κ3) is 8.56. The Bertz CT molecular complexity index is 1920. The van der Waals surface area contributed by atoms with Gasteiger partial charge in [-0.3, -0.25) is 34.0 Å². The number of hydrogen-bond donors (Lipinski definition) is 2. The van der Waals surface area contributed by atoms with Gasteiger partial charge in [0.25, 0.3) is 6.43 Å². The zero-order valence-corrected chi connectivity index (χ0v) is 30.1. The number of ether oxygens (including phenoxy) is 2. The summed E-state index contributed by atoms with van der Waals surface area (Å²) in [4.78, 5) is 52.0. The highest BCUT2D eigenvalue weighted by atomic mass is 19.3. The van der Waals surface area contributed by atoms with E-state index in [0.29, 0.717) is 22.5 Å². The van der Waals surface area contributed by atoms with Crippen LogP contribution in [0.2, 0.25) is 0 Å². The van der Waals surface area contributed by atoms with Gasteiger partial charge in [0.05, 0.1) is 34.4 Å². The van der Waals surface area contributed by atoms with Gasteiger partial charge in [0, 0.05) is 39.3 Å². The molecule has 2 N–H and O–H groups in total. The maximum Gasteiger partial charge on any atom is 0.412 e. The van der Waals surface area contributed by atoms with Crippen molar-refractivity contribution in [3.05, 3.63) is 46.1 Å². The number of alkyl halides is 2. The maximum absolute atomic E-state index is 13.7. The average molecular weight is 724 g/mol. The summed E-state index contributed by atoms with van der Waals surface area (Å²) in [5.41, 5.74) is 0.341. The molecule has 3 aliphatic rings. The lowest BCUT2D eigenvalue weighted by Gasteiger charge is -2.36. The minimum absolute atomic E-state index is 0.00899. The predicted octanol–water partition coefficient (Wildman–Crippen LogP) is 5.06. The highest BCUT2D eigenvalue weighted by molar-refractivity contribution is 6.00. The van der Waals surface area contributed by atoms with E-state index in [4.69, 9.17) is 9.47 Å². The Kier molecular flexibility index (Phi) is 11.2. The molecule has 1 unspecified atom stereocenters. The maximum atomic E-state index is 13.7. The summed E-state index contributed by atoms with van der Waals surface area (Å²) in [5, 5.41) is 8.92. The number of para-hydroxylation sites is 1. The van der Waals surface area contributed by atoms with E-state index in [0.717, 1.165) is 58.2 Å². The van der Waals surface area contributed by atoms with E-state index in [1.807, 2.05) is 6.07 Å². The number of aromatic nitrogens is 4. The summed E-state index contributed by atoms with van der Waals surface area (Å²) < 4.78 is 43.3. The molecule has 13 nitrogen and oxygen atoms in total. The van der Waals surface area contributed by atoms with Gasteiger partial charge in [-0.05, 0) is 83.8 Å². The molecule has 4 heterocycles. The summed E-state index contributed by atoms with van der Waals surface area (Å²) >= 11 is 0. The summed E-state index contributed by atoms with van der Waals surface area (Å²) in [6, 6.07) is 4.67. The highest BCUT2D eigenvalue weighted by Crippen LogP contribution is 2.35. The van der Waals surface area contributed by atoms with Crippen LogP contribution in [0.3, 0.4) is 0 Å². The molecule has 0 radical (unpaired) electrons. The second-order valence-corrected chi connectivity index (χ2v) is 15.0. The number of imide groups is 1. The molecule has 2 aliphatic heterocycles. The van der Waals surface area contributed by atoms with Crippen molar-refractivity contribution in [2.24, 2.45) is 13.0 Å². The Morgan fingerprint density at radius 2 is 1.81 bits per heavy atom. The number of anilines is 1. The molecule has 280 valence electrons. The molecule has 1 aromatic carbocycles. The number of hydrogen-bond acceptors (Lipinski definition) is 8. The Labute approximate surface area is 301 Å². The smallest absolute Gasteiger partial charge is 0.412 e. The fourth-order valence-electron chi connectivity index (χ4n) is 7.54. The second-order valence-electron chi connectivity index (χ2n) is 15.0. The molecule has 52 heavy (non-hydrogen) atoms. The zero-order valence-electron chi connectivity index (χ0n) is 30.1. The molecule has 0 spiro atoms. The van der Waals surface area contributed by atoms with Crippen molar-refractivity contribution in [1.82, 2.24) is 29.1 Å². The monoisotopic (exact) mass is 723 g/mol. The van der Waals surface area contributed by atoms with Crippen LogP contribution >= 0.6 is 0 Å². The summed E-state index contributed by atoms with van der Waals surface area (Å²) in [6.07, 6.45) is 3.79. The second kappa shape index (κ2) is 15.6. The normalized spacial score (nSPS) is 21.9. The van der Waals surface area contributed by atoms with Crippen LogP contribution in [-0.2, 0) is 26.1 Å². The number of piperidine rings is 2. The Balaban J connectivity index is 0.961. The van der Waals surface area contributed by atoms with Gasteiger partial charge in [0.15, 0.2) is 5.69 Å². The van der Waals surface area contributed by atoms with Crippen LogP contribution < -0.4 is 16.3 Å². The SMILES string of the molecule is Cn1c(=O)n(C2CCC(=O)NC2=O)c2cccc(C#CCOC3CCN(CC4CCC(n5cc(NC(=O)OC(C)(C)C)c(C(F)F)n5)CC4)CC3)c21. The number of carbonyl (C=O) groups is 3. The van der Waals surface area contributed by atoms with Gasteiger partial charge in [0.2, 0.25) is 11.8 Å². The fourth-order valence-corrected chi connectivity index (χ4v) is 7.54. The number of aryl methyl sites for hydroxylation is 1. The van der Waals surface area contributed by atoms with Crippen LogP contribution in [0, 0.1) is 17.8 Å². The largest absolute Gasteiger partial charge is 0.444 e. The molecule has 3 aromatic rings. The number of carbonyl (C=O) groups excluding carboxylic acids is 3. The molecule has 3 fully saturated rings. The van der Waals surface area contributed by atoms with Gasteiger partial charge in [-0.15, -0.1) is 0 Å². The van der Waals surface area contributed by atoms with E-state index < -0.39 is 35.8 Å². The Hall–Kier alpha value is -4.55. The number of nitrogens with one attached hydrogen (secondary N) is 2. The number of rotatable bonds is 8. The van der Waals surface area contributed by atoms with E-state index in [-0.39, 0.29) is 48.9 Å². The summed E-state index contributed by atoms with van der Waals surface area (Å²) in [6.45, 7) is 8.20. The number of nitrogens with zero attached hydrogens (tertiary/aromatic N) is 5. The minimum Gasteiger partial charge on any atom is -0.444 e. The summed E-state index contributed by atoms with van der Waals surface area (Å²) in [5.74, 6) is 5.96. The first-order valence-electron chi connectivity index (χ1n) is 18.0. The van der Waals surface area contributed by atoms with Gasteiger partial charge < -0.3 is 14.4 Å². The molecular weight excluding hydrogens is 676 g/mol. The van der Waals surface area contributed by atoms with Gasteiger partial charge in [-0.25, -0.2) is 18.4 Å². The Morgan fingerprint density at radius 1 is 1.08 bits per heavy atom. The van der Waals surface area contributed by atoms with Crippen molar-refractivity contribution >= 4 is 34.6 Å². The average Bonchev–Trinajstić information content (AvgIpc) is 3.62. The molecule has 3 amide bonds. The zero-order chi connectivity index (χ0) is 37.2. The predicted molar refractivity (Wildman–Crippen MR) is 189 cm³/mol.